The van der Waals surface area contributed by atoms with Gasteiger partial charge in [-0.3, -0.25) is 4.79 Å². The minimum atomic E-state index is -0.830. The quantitative estimate of drug-likeness (QED) is 0.781. The molecule has 2 amide bonds. The van der Waals surface area contributed by atoms with Crippen molar-refractivity contribution in [3.8, 4) is 0 Å². The third-order valence-electron chi connectivity index (χ3n) is 3.63. The molecule has 2 unspecified atom stereocenters. The molecule has 1 rings (SSSR count). The van der Waals surface area contributed by atoms with Gasteiger partial charge in [0.2, 0.25) is 0 Å². The van der Waals surface area contributed by atoms with Gasteiger partial charge < -0.3 is 20.2 Å². The zero-order valence-electron chi connectivity index (χ0n) is 12.1. The predicted octanol–water partition coefficient (Wildman–Crippen LogP) is 0.975. The van der Waals surface area contributed by atoms with Crippen molar-refractivity contribution >= 4 is 12.0 Å². The number of carbonyl (C=O) groups excluding carboxylic acids is 1. The first-order valence-corrected chi connectivity index (χ1v) is 6.83. The van der Waals surface area contributed by atoms with Crippen LogP contribution in [0, 0.1) is 0 Å². The number of hydrogen-bond acceptors (Lipinski definition) is 3. The SMILES string of the molecule is CC(CCC(=O)O)NC(=O)N(C)C1CCCN(C)C1. The lowest BCUT2D eigenvalue weighted by molar-refractivity contribution is -0.137. The second-order valence-corrected chi connectivity index (χ2v) is 5.45. The fourth-order valence-corrected chi connectivity index (χ4v) is 2.35. The minimum Gasteiger partial charge on any atom is -0.481 e. The standard InChI is InChI=1S/C13H25N3O3/c1-10(6-7-12(17)18)14-13(19)16(3)11-5-4-8-15(2)9-11/h10-11H,4-9H2,1-3H3,(H,14,19)(H,17,18). The summed E-state index contributed by atoms with van der Waals surface area (Å²) < 4.78 is 0. The van der Waals surface area contributed by atoms with E-state index in [1.54, 1.807) is 4.90 Å². The van der Waals surface area contributed by atoms with Crippen LogP contribution in [-0.4, -0.2) is 66.2 Å². The van der Waals surface area contributed by atoms with Gasteiger partial charge in [-0.1, -0.05) is 0 Å². The van der Waals surface area contributed by atoms with Crippen molar-refractivity contribution in [2.45, 2.75) is 44.7 Å². The summed E-state index contributed by atoms with van der Waals surface area (Å²) in [6.07, 6.45) is 2.67. The van der Waals surface area contributed by atoms with Gasteiger partial charge in [0.25, 0.3) is 0 Å². The number of urea groups is 1. The van der Waals surface area contributed by atoms with E-state index >= 15 is 0 Å². The first-order chi connectivity index (χ1) is 8.90. The number of likely N-dealkylation sites (tertiary alicyclic amines) is 1. The van der Waals surface area contributed by atoms with E-state index in [1.165, 1.54) is 0 Å². The Hall–Kier alpha value is -1.30. The Morgan fingerprint density at radius 2 is 2.21 bits per heavy atom. The number of amides is 2. The maximum Gasteiger partial charge on any atom is 0.317 e. The Morgan fingerprint density at radius 1 is 1.53 bits per heavy atom. The summed E-state index contributed by atoms with van der Waals surface area (Å²) in [5.41, 5.74) is 0. The lowest BCUT2D eigenvalue weighted by Crippen LogP contribution is -2.51. The molecule has 0 spiro atoms. The maximum absolute atomic E-state index is 12.1. The van der Waals surface area contributed by atoms with Crippen LogP contribution in [-0.2, 0) is 4.79 Å². The van der Waals surface area contributed by atoms with Crippen LogP contribution in [0.15, 0.2) is 0 Å². The summed E-state index contributed by atoms with van der Waals surface area (Å²) in [4.78, 5) is 26.5. The summed E-state index contributed by atoms with van der Waals surface area (Å²) in [5, 5.41) is 11.5. The molecule has 110 valence electrons. The molecule has 2 atom stereocenters. The van der Waals surface area contributed by atoms with E-state index in [0.29, 0.717) is 6.42 Å². The van der Waals surface area contributed by atoms with Gasteiger partial charge >= 0.3 is 12.0 Å². The van der Waals surface area contributed by atoms with Gasteiger partial charge in [0, 0.05) is 32.1 Å². The van der Waals surface area contributed by atoms with Crippen LogP contribution < -0.4 is 5.32 Å². The van der Waals surface area contributed by atoms with Crippen molar-refractivity contribution in [2.24, 2.45) is 0 Å². The number of hydrogen-bond donors (Lipinski definition) is 2. The fourth-order valence-electron chi connectivity index (χ4n) is 2.35. The van der Waals surface area contributed by atoms with Crippen molar-refractivity contribution < 1.29 is 14.7 Å². The van der Waals surface area contributed by atoms with Gasteiger partial charge in [-0.05, 0) is 39.8 Å². The molecule has 6 heteroatoms. The van der Waals surface area contributed by atoms with Crippen molar-refractivity contribution in [1.29, 1.82) is 0 Å². The van der Waals surface area contributed by atoms with Crippen molar-refractivity contribution in [1.82, 2.24) is 15.1 Å². The van der Waals surface area contributed by atoms with E-state index in [-0.39, 0.29) is 24.5 Å². The minimum absolute atomic E-state index is 0.0807. The normalized spacial score (nSPS) is 21.7. The van der Waals surface area contributed by atoms with Crippen LogP contribution in [0.5, 0.6) is 0 Å². The molecule has 1 heterocycles. The van der Waals surface area contributed by atoms with Gasteiger partial charge in [0.1, 0.15) is 0 Å². The fraction of sp³-hybridized carbons (Fsp3) is 0.846. The number of piperidine rings is 1. The molecule has 0 saturated carbocycles. The zero-order valence-corrected chi connectivity index (χ0v) is 12.1. The van der Waals surface area contributed by atoms with Crippen molar-refractivity contribution in [2.75, 3.05) is 27.2 Å². The number of aliphatic carboxylic acids is 1. The molecule has 0 aromatic heterocycles. The maximum atomic E-state index is 12.1. The van der Waals surface area contributed by atoms with Crippen LogP contribution in [0.25, 0.3) is 0 Å². The molecule has 19 heavy (non-hydrogen) atoms. The number of carboxylic acid groups (broad SMARTS) is 1. The summed E-state index contributed by atoms with van der Waals surface area (Å²) in [6.45, 7) is 3.82. The molecule has 1 saturated heterocycles. The molecule has 1 fully saturated rings. The van der Waals surface area contributed by atoms with E-state index in [9.17, 15) is 9.59 Å². The highest BCUT2D eigenvalue weighted by Gasteiger charge is 2.25. The van der Waals surface area contributed by atoms with Crippen LogP contribution in [0.4, 0.5) is 4.79 Å². The molecular weight excluding hydrogens is 246 g/mol. The molecule has 0 bridgehead atoms. The number of carbonyl (C=O) groups is 2. The first-order valence-electron chi connectivity index (χ1n) is 6.83. The average molecular weight is 271 g/mol. The smallest absolute Gasteiger partial charge is 0.317 e. The van der Waals surface area contributed by atoms with Gasteiger partial charge in [-0.25, -0.2) is 4.79 Å². The molecule has 1 aliphatic rings. The highest BCUT2D eigenvalue weighted by molar-refractivity contribution is 5.74. The lowest BCUT2D eigenvalue weighted by Gasteiger charge is -2.36. The van der Waals surface area contributed by atoms with E-state index in [2.05, 4.69) is 17.3 Å². The highest BCUT2D eigenvalue weighted by Crippen LogP contribution is 2.13. The zero-order chi connectivity index (χ0) is 14.4. The molecule has 2 N–H and O–H groups in total. The number of likely N-dealkylation sites (N-methyl/N-ethyl adjacent to an activating group) is 2. The van der Waals surface area contributed by atoms with Crippen LogP contribution in [0.2, 0.25) is 0 Å². The second kappa shape index (κ2) is 7.33. The molecule has 0 aromatic rings. The van der Waals surface area contributed by atoms with Gasteiger partial charge in [-0.2, -0.15) is 0 Å². The van der Waals surface area contributed by atoms with E-state index in [0.717, 1.165) is 25.9 Å². The average Bonchev–Trinajstić information content (AvgIpc) is 2.35. The van der Waals surface area contributed by atoms with Crippen molar-refractivity contribution in [3.63, 3.8) is 0 Å². The number of nitrogens with one attached hydrogen (secondary N) is 1. The third kappa shape index (κ3) is 5.46. The largest absolute Gasteiger partial charge is 0.481 e. The Bertz CT molecular complexity index is 322. The highest BCUT2D eigenvalue weighted by atomic mass is 16.4. The summed E-state index contributed by atoms with van der Waals surface area (Å²) in [6, 6.07) is 0.0102. The van der Waals surface area contributed by atoms with Gasteiger partial charge in [-0.15, -0.1) is 0 Å². The van der Waals surface area contributed by atoms with Gasteiger partial charge in [0.15, 0.2) is 0 Å². The molecular formula is C13H25N3O3. The summed E-state index contributed by atoms with van der Waals surface area (Å²) >= 11 is 0. The topological polar surface area (TPSA) is 72.9 Å². The van der Waals surface area contributed by atoms with Gasteiger partial charge in [0.05, 0.1) is 0 Å². The van der Waals surface area contributed by atoms with E-state index in [1.807, 2.05) is 14.0 Å². The molecule has 0 radical (unpaired) electrons. The second-order valence-electron chi connectivity index (χ2n) is 5.45. The molecule has 0 aliphatic carbocycles. The van der Waals surface area contributed by atoms with Crippen LogP contribution in [0.3, 0.4) is 0 Å². The summed E-state index contributed by atoms with van der Waals surface area (Å²) in [7, 11) is 3.87. The number of rotatable bonds is 5. The summed E-state index contributed by atoms with van der Waals surface area (Å²) in [5.74, 6) is -0.830. The molecule has 0 aromatic carbocycles. The predicted molar refractivity (Wildman–Crippen MR) is 73.1 cm³/mol. The Labute approximate surface area is 114 Å². The first kappa shape index (κ1) is 15.8. The Morgan fingerprint density at radius 3 is 2.79 bits per heavy atom. The van der Waals surface area contributed by atoms with Crippen LogP contribution >= 0.6 is 0 Å². The Kier molecular flexibility index (Phi) is 6.08. The Balaban J connectivity index is 2.37. The molecule has 6 nitrogen and oxygen atoms in total. The monoisotopic (exact) mass is 271 g/mol. The van der Waals surface area contributed by atoms with E-state index < -0.39 is 5.97 Å². The molecule has 1 aliphatic heterocycles. The third-order valence-corrected chi connectivity index (χ3v) is 3.63. The van der Waals surface area contributed by atoms with Crippen LogP contribution in [0.1, 0.15) is 32.6 Å². The van der Waals surface area contributed by atoms with Crippen molar-refractivity contribution in [3.05, 3.63) is 0 Å². The number of nitrogens with zero attached hydrogens (tertiary/aromatic N) is 2. The number of carboxylic acids is 1. The lowest BCUT2D eigenvalue weighted by atomic mass is 10.1. The van der Waals surface area contributed by atoms with E-state index in [4.69, 9.17) is 5.11 Å².